The van der Waals surface area contributed by atoms with E-state index in [1.165, 1.54) is 55.9 Å². The molecule has 0 radical (unpaired) electrons. The van der Waals surface area contributed by atoms with Crippen molar-refractivity contribution in [3.05, 3.63) is 105 Å². The second-order valence-electron chi connectivity index (χ2n) is 12.3. The zero-order chi connectivity index (χ0) is 38.2. The molecule has 0 saturated carbocycles. The van der Waals surface area contributed by atoms with Gasteiger partial charge < -0.3 is 9.74 Å². The highest BCUT2D eigenvalue weighted by Crippen LogP contribution is 2.50. The van der Waals surface area contributed by atoms with Crippen LogP contribution in [-0.2, 0) is 10.8 Å². The van der Waals surface area contributed by atoms with Gasteiger partial charge in [0.05, 0.1) is 6.04 Å². The second kappa shape index (κ2) is 22.2. The Balaban J connectivity index is 0. The first-order valence-corrected chi connectivity index (χ1v) is 19.5. The largest absolute Gasteiger partial charge is 0.405 e. The molecule has 2 aromatic rings. The van der Waals surface area contributed by atoms with Crippen LogP contribution in [0.15, 0.2) is 60.4 Å². The lowest BCUT2D eigenvalue weighted by Gasteiger charge is -2.45. The Kier molecular flexibility index (Phi) is 21.9. The summed E-state index contributed by atoms with van der Waals surface area (Å²) in [6, 6.07) is 4.65. The summed E-state index contributed by atoms with van der Waals surface area (Å²) in [5, 5.41) is 1.99. The van der Waals surface area contributed by atoms with Gasteiger partial charge in [-0.1, -0.05) is 126 Å². The molecule has 0 bridgehead atoms. The third kappa shape index (κ3) is 10.2. The van der Waals surface area contributed by atoms with E-state index in [1.807, 2.05) is 74.2 Å². The molecule has 2 aliphatic rings. The van der Waals surface area contributed by atoms with Gasteiger partial charge in [0, 0.05) is 41.9 Å². The number of hydrogen-bond donors (Lipinski definition) is 0. The van der Waals surface area contributed by atoms with Crippen molar-refractivity contribution in [3.8, 4) is 5.75 Å². The van der Waals surface area contributed by atoms with Crippen molar-refractivity contribution >= 4 is 14.9 Å². The summed E-state index contributed by atoms with van der Waals surface area (Å²) < 4.78 is 0. The maximum atomic E-state index is 6.26. The number of rotatable bonds is 4. The van der Waals surface area contributed by atoms with E-state index >= 15 is 0 Å². The van der Waals surface area contributed by atoms with E-state index in [-0.39, 0.29) is 16.9 Å². The molecule has 3 nitrogen and oxygen atoms in total. The van der Waals surface area contributed by atoms with E-state index < -0.39 is 0 Å². The summed E-state index contributed by atoms with van der Waals surface area (Å²) in [6.45, 7) is 40.5. The molecule has 2 unspecified atom stereocenters. The molecular weight excluding hydrogens is 603 g/mol. The quantitative estimate of drug-likeness (QED) is 0.236. The molecule has 0 aliphatic carbocycles. The molecule has 2 atom stereocenters. The Morgan fingerprint density at radius 3 is 1.58 bits per heavy atom. The molecule has 0 aromatic heterocycles. The molecule has 0 spiro atoms. The van der Waals surface area contributed by atoms with Crippen molar-refractivity contribution in [2.24, 2.45) is 0 Å². The molecule has 0 fully saturated rings. The van der Waals surface area contributed by atoms with E-state index in [4.69, 9.17) is 4.84 Å². The predicted octanol–water partition coefficient (Wildman–Crippen LogP) is 13.0. The number of likely N-dealkylation sites (N-methyl/N-ethyl adjacent to an activating group) is 2. The number of aryl methyl sites for hydroxylation is 2. The van der Waals surface area contributed by atoms with E-state index in [0.29, 0.717) is 0 Å². The van der Waals surface area contributed by atoms with Crippen LogP contribution in [0.5, 0.6) is 5.75 Å². The lowest BCUT2D eigenvalue weighted by molar-refractivity contribution is -0.0928. The smallest absolute Gasteiger partial charge is 0.151 e. The minimum absolute atomic E-state index is 0.0248. The summed E-state index contributed by atoms with van der Waals surface area (Å²) in [4.78, 5) is 8.61. The number of benzene rings is 2. The highest BCUT2D eigenvalue weighted by molar-refractivity contribution is 7.15. The van der Waals surface area contributed by atoms with Crippen LogP contribution in [0.3, 0.4) is 0 Å². The topological polar surface area (TPSA) is 15.7 Å². The van der Waals surface area contributed by atoms with Crippen LogP contribution in [0.25, 0.3) is 0 Å². The van der Waals surface area contributed by atoms with E-state index in [0.717, 1.165) is 5.75 Å². The number of nitrogens with zero attached hydrogens (tertiary/aromatic N) is 2. The molecule has 0 N–H and O–H groups in total. The number of allylic oxidation sites excluding steroid dienone is 7. The zero-order valence-corrected chi connectivity index (χ0v) is 36.3. The monoisotopic (exact) mass is 679 g/mol. The van der Waals surface area contributed by atoms with E-state index in [2.05, 4.69) is 145 Å². The molecular formula is C44H75N2OP. The molecule has 2 aromatic carbocycles. The molecule has 272 valence electrons. The molecule has 0 amide bonds. The second-order valence-corrected chi connectivity index (χ2v) is 12.3. The van der Waals surface area contributed by atoms with Crippen LogP contribution in [0.4, 0.5) is 5.69 Å². The maximum Gasteiger partial charge on any atom is 0.151 e. The standard InChI is InChI=1S/C35H46N2O.4C2H6.CH5P/c1-22-20-28-32(26(5)24(22)3)34(7,8)30(36(28)11)18-16-14-13-15-17-19-31-35(9,10)33-27(6)25(4)23(2)21-29(33)38-37(31)12;5*1-2/h13-21,31H,1-12H3;4*1-2H3;2H2,1H3/b15-13+,16-14+,19-17+,30-18-;;;;;. The van der Waals surface area contributed by atoms with Gasteiger partial charge in [-0.05, 0) is 98.7 Å². The zero-order valence-electron chi connectivity index (χ0n) is 35.2. The predicted molar refractivity (Wildman–Crippen MR) is 224 cm³/mol. The van der Waals surface area contributed by atoms with Crippen molar-refractivity contribution in [3.63, 3.8) is 0 Å². The summed E-state index contributed by atoms with van der Waals surface area (Å²) in [7, 11) is 6.63. The van der Waals surface area contributed by atoms with Crippen molar-refractivity contribution in [2.45, 2.75) is 141 Å². The maximum absolute atomic E-state index is 6.26. The lowest BCUT2D eigenvalue weighted by atomic mass is 9.73. The van der Waals surface area contributed by atoms with Gasteiger partial charge in [0.2, 0.25) is 0 Å². The van der Waals surface area contributed by atoms with Crippen molar-refractivity contribution in [2.75, 3.05) is 25.7 Å². The highest BCUT2D eigenvalue weighted by atomic mass is 31.0. The minimum Gasteiger partial charge on any atom is -0.405 e. The van der Waals surface area contributed by atoms with Gasteiger partial charge in [0.15, 0.2) is 5.75 Å². The Morgan fingerprint density at radius 1 is 0.625 bits per heavy atom. The lowest BCUT2D eigenvalue weighted by Crippen LogP contribution is -2.50. The fourth-order valence-electron chi connectivity index (χ4n) is 6.71. The number of hydroxylamine groups is 2. The number of anilines is 1. The fraction of sp³-hybridized carbons (Fsp3) is 0.545. The number of fused-ring (bicyclic) bond motifs is 2. The van der Waals surface area contributed by atoms with Gasteiger partial charge in [-0.3, -0.25) is 0 Å². The van der Waals surface area contributed by atoms with Gasteiger partial charge in [0.1, 0.15) is 0 Å². The molecule has 4 heteroatoms. The third-order valence-corrected chi connectivity index (χ3v) is 9.26. The number of hydrogen-bond acceptors (Lipinski definition) is 3. The van der Waals surface area contributed by atoms with Crippen molar-refractivity contribution in [1.29, 1.82) is 0 Å². The minimum atomic E-state index is -0.0715. The Morgan fingerprint density at radius 2 is 1.06 bits per heavy atom. The van der Waals surface area contributed by atoms with Crippen LogP contribution >= 0.6 is 9.24 Å². The Bertz CT molecular complexity index is 1390. The van der Waals surface area contributed by atoms with E-state index in [1.54, 1.807) is 0 Å². The van der Waals surface area contributed by atoms with Gasteiger partial charge in [-0.2, -0.15) is 0 Å². The van der Waals surface area contributed by atoms with Crippen molar-refractivity contribution < 1.29 is 4.84 Å². The molecule has 0 saturated heterocycles. The first-order chi connectivity index (χ1) is 22.7. The molecule has 4 rings (SSSR count). The summed E-state index contributed by atoms with van der Waals surface area (Å²) in [5.41, 5.74) is 13.5. The van der Waals surface area contributed by atoms with Gasteiger partial charge in [-0.15, -0.1) is 14.3 Å². The van der Waals surface area contributed by atoms with Crippen LogP contribution in [0, 0.1) is 41.5 Å². The Hall–Kier alpha value is -2.61. The highest BCUT2D eigenvalue weighted by Gasteiger charge is 2.42. The van der Waals surface area contributed by atoms with Crippen LogP contribution in [0.1, 0.15) is 128 Å². The van der Waals surface area contributed by atoms with Gasteiger partial charge in [-0.25, -0.2) is 0 Å². The van der Waals surface area contributed by atoms with Gasteiger partial charge >= 0.3 is 0 Å². The SMILES string of the molecule is CC.CC.CC.CC.CP.Cc1cc2c(c(C)c1C)C(C)(C)/C(=C/C=C/C=C/C=C/C1N(C)Oc3cc(C)c(C)c(C)c3C1(C)C)N2C. The fourth-order valence-corrected chi connectivity index (χ4v) is 6.71. The molecule has 2 aliphatic heterocycles. The van der Waals surface area contributed by atoms with E-state index in [9.17, 15) is 0 Å². The van der Waals surface area contributed by atoms with Crippen molar-refractivity contribution in [1.82, 2.24) is 5.06 Å². The van der Waals surface area contributed by atoms with Crippen LogP contribution < -0.4 is 9.74 Å². The summed E-state index contributed by atoms with van der Waals surface area (Å²) in [5.74, 6) is 0.983. The van der Waals surface area contributed by atoms with Gasteiger partial charge in [0.25, 0.3) is 0 Å². The Labute approximate surface area is 301 Å². The summed E-state index contributed by atoms with van der Waals surface area (Å²) in [6.07, 6.45) is 15.1. The molecule has 2 heterocycles. The van der Waals surface area contributed by atoms with Crippen LogP contribution in [-0.4, -0.2) is 31.9 Å². The third-order valence-electron chi connectivity index (χ3n) is 9.26. The first kappa shape index (κ1) is 47.5. The summed E-state index contributed by atoms with van der Waals surface area (Å²) >= 11 is 0. The first-order valence-electron chi connectivity index (χ1n) is 18.4. The van der Waals surface area contributed by atoms with Crippen LogP contribution in [0.2, 0.25) is 0 Å². The normalized spacial score (nSPS) is 17.8. The molecule has 48 heavy (non-hydrogen) atoms. The average Bonchev–Trinajstić information content (AvgIpc) is 3.27. The average molecular weight is 679 g/mol.